The minimum Gasteiger partial charge on any atom is -0.442 e. The van der Waals surface area contributed by atoms with Crippen molar-refractivity contribution in [3.8, 4) is 0 Å². The molecule has 2 heterocycles. The monoisotopic (exact) mass is 332 g/mol. The lowest BCUT2D eigenvalue weighted by Crippen LogP contribution is -2.33. The number of allylic oxidation sites excluding steroid dienone is 1. The zero-order valence-corrected chi connectivity index (χ0v) is 13.9. The van der Waals surface area contributed by atoms with E-state index in [1.54, 1.807) is 4.90 Å². The maximum atomic E-state index is 12.0. The number of cyclic esters (lactones) is 1. The lowest BCUT2D eigenvalue weighted by Gasteiger charge is -2.16. The Labute approximate surface area is 140 Å². The largest absolute Gasteiger partial charge is 0.442 e. The van der Waals surface area contributed by atoms with E-state index in [1.807, 2.05) is 23.9 Å². The van der Waals surface area contributed by atoms with E-state index in [-0.39, 0.29) is 18.1 Å². The van der Waals surface area contributed by atoms with Crippen molar-refractivity contribution in [2.45, 2.75) is 19.4 Å². The molecule has 2 aliphatic rings. The molecule has 122 valence electrons. The minimum atomic E-state index is -0.360. The van der Waals surface area contributed by atoms with Gasteiger partial charge in [0, 0.05) is 18.4 Å². The van der Waals surface area contributed by atoms with Gasteiger partial charge in [-0.2, -0.15) is 11.8 Å². The minimum absolute atomic E-state index is 0.122. The standard InChI is InChI=1S/C17H20N2O3S/c1-12(20)18-10-16-11-19(17(21)22-16)15-4-2-13(3-5-15)14-6-8-23-9-7-14/h2-6,16H,7-11H2,1H3,(H,18,20). The number of anilines is 1. The Hall–Kier alpha value is -1.95. The highest BCUT2D eigenvalue weighted by Crippen LogP contribution is 2.28. The highest BCUT2D eigenvalue weighted by molar-refractivity contribution is 7.99. The van der Waals surface area contributed by atoms with E-state index < -0.39 is 0 Å². The van der Waals surface area contributed by atoms with Gasteiger partial charge < -0.3 is 10.1 Å². The number of nitrogens with one attached hydrogen (secondary N) is 1. The second-order valence-corrected chi connectivity index (χ2v) is 6.80. The van der Waals surface area contributed by atoms with Crippen LogP contribution in [0.4, 0.5) is 10.5 Å². The molecule has 1 unspecified atom stereocenters. The maximum Gasteiger partial charge on any atom is 0.414 e. The van der Waals surface area contributed by atoms with Crippen molar-refractivity contribution < 1.29 is 14.3 Å². The van der Waals surface area contributed by atoms with Crippen LogP contribution < -0.4 is 10.2 Å². The number of nitrogens with zero attached hydrogens (tertiary/aromatic N) is 1. The van der Waals surface area contributed by atoms with Crippen LogP contribution in [0.25, 0.3) is 5.57 Å². The second-order valence-electron chi connectivity index (χ2n) is 5.65. The van der Waals surface area contributed by atoms with Gasteiger partial charge in [0.1, 0.15) is 6.10 Å². The van der Waals surface area contributed by atoms with Crippen LogP contribution in [0.1, 0.15) is 18.9 Å². The van der Waals surface area contributed by atoms with Crippen LogP contribution >= 0.6 is 11.8 Å². The van der Waals surface area contributed by atoms with Gasteiger partial charge >= 0.3 is 6.09 Å². The molecule has 1 N–H and O–H groups in total. The van der Waals surface area contributed by atoms with E-state index in [2.05, 4.69) is 23.5 Å². The highest BCUT2D eigenvalue weighted by atomic mass is 32.2. The van der Waals surface area contributed by atoms with Crippen LogP contribution in [0, 0.1) is 0 Å². The van der Waals surface area contributed by atoms with Crippen molar-refractivity contribution in [2.75, 3.05) is 29.5 Å². The van der Waals surface area contributed by atoms with Gasteiger partial charge in [0.15, 0.2) is 0 Å². The van der Waals surface area contributed by atoms with Crippen molar-refractivity contribution in [1.29, 1.82) is 0 Å². The first-order chi connectivity index (χ1) is 11.1. The number of benzene rings is 1. The predicted molar refractivity (Wildman–Crippen MR) is 92.7 cm³/mol. The average Bonchev–Trinajstić information content (AvgIpc) is 2.95. The van der Waals surface area contributed by atoms with Gasteiger partial charge in [-0.05, 0) is 35.4 Å². The first-order valence-corrected chi connectivity index (χ1v) is 8.89. The summed E-state index contributed by atoms with van der Waals surface area (Å²) >= 11 is 1.95. The molecule has 3 rings (SSSR count). The number of amides is 2. The van der Waals surface area contributed by atoms with Crippen LogP contribution in [-0.2, 0) is 9.53 Å². The zero-order valence-electron chi connectivity index (χ0n) is 13.1. The van der Waals surface area contributed by atoms with Crippen LogP contribution in [0.5, 0.6) is 0 Å². The highest BCUT2D eigenvalue weighted by Gasteiger charge is 2.32. The molecule has 1 atom stereocenters. The number of rotatable bonds is 4. The van der Waals surface area contributed by atoms with E-state index in [9.17, 15) is 9.59 Å². The summed E-state index contributed by atoms with van der Waals surface area (Å²) in [6, 6.07) is 8.04. The molecule has 1 aromatic carbocycles. The zero-order chi connectivity index (χ0) is 16.2. The van der Waals surface area contributed by atoms with Crippen LogP contribution in [0.15, 0.2) is 30.3 Å². The Morgan fingerprint density at radius 3 is 2.83 bits per heavy atom. The van der Waals surface area contributed by atoms with Gasteiger partial charge in [0.25, 0.3) is 0 Å². The fourth-order valence-corrected chi connectivity index (χ4v) is 3.59. The average molecular weight is 332 g/mol. The van der Waals surface area contributed by atoms with Gasteiger partial charge in [-0.1, -0.05) is 18.2 Å². The fraction of sp³-hybridized carbons (Fsp3) is 0.412. The molecular weight excluding hydrogens is 312 g/mol. The van der Waals surface area contributed by atoms with Crippen LogP contribution in [-0.4, -0.2) is 42.7 Å². The third-order valence-corrected chi connectivity index (χ3v) is 4.86. The molecule has 0 saturated carbocycles. The number of ether oxygens (including phenoxy) is 1. The number of hydrogen-bond donors (Lipinski definition) is 1. The summed E-state index contributed by atoms with van der Waals surface area (Å²) in [7, 11) is 0. The van der Waals surface area contributed by atoms with Gasteiger partial charge in [0.2, 0.25) is 5.91 Å². The topological polar surface area (TPSA) is 58.6 Å². The number of hydrogen-bond acceptors (Lipinski definition) is 4. The summed E-state index contributed by atoms with van der Waals surface area (Å²) < 4.78 is 5.28. The van der Waals surface area contributed by atoms with Crippen molar-refractivity contribution in [3.63, 3.8) is 0 Å². The van der Waals surface area contributed by atoms with Gasteiger partial charge in [-0.3, -0.25) is 9.69 Å². The Bertz CT molecular complexity index is 627. The van der Waals surface area contributed by atoms with Crippen molar-refractivity contribution >= 4 is 35.0 Å². The summed E-state index contributed by atoms with van der Waals surface area (Å²) in [5.41, 5.74) is 3.43. The molecular formula is C17H20N2O3S. The predicted octanol–water partition coefficient (Wildman–Crippen LogP) is 2.67. The second kappa shape index (κ2) is 7.08. The van der Waals surface area contributed by atoms with Crippen molar-refractivity contribution in [2.24, 2.45) is 0 Å². The van der Waals surface area contributed by atoms with E-state index in [0.717, 1.165) is 23.6 Å². The van der Waals surface area contributed by atoms with Gasteiger partial charge in [0.05, 0.1) is 13.1 Å². The van der Waals surface area contributed by atoms with Gasteiger partial charge in [-0.15, -0.1) is 0 Å². The van der Waals surface area contributed by atoms with E-state index in [4.69, 9.17) is 4.74 Å². The molecule has 6 heteroatoms. The number of carbonyl (C=O) groups excluding carboxylic acids is 2. The summed E-state index contributed by atoms with van der Waals surface area (Å²) in [5.74, 6) is 2.11. The van der Waals surface area contributed by atoms with E-state index in [0.29, 0.717) is 13.1 Å². The summed E-state index contributed by atoms with van der Waals surface area (Å²) in [5, 5.41) is 2.68. The molecule has 0 radical (unpaired) electrons. The lowest BCUT2D eigenvalue weighted by atomic mass is 10.0. The third-order valence-electron chi connectivity index (χ3n) is 3.97. The SMILES string of the molecule is CC(=O)NCC1CN(c2ccc(C3=CCSCC3)cc2)C(=O)O1. The first kappa shape index (κ1) is 15.9. The van der Waals surface area contributed by atoms with E-state index in [1.165, 1.54) is 18.1 Å². The van der Waals surface area contributed by atoms with E-state index >= 15 is 0 Å². The molecule has 5 nitrogen and oxygen atoms in total. The quantitative estimate of drug-likeness (QED) is 0.921. The molecule has 1 fully saturated rings. The molecule has 0 aromatic heterocycles. The Balaban J connectivity index is 1.66. The fourth-order valence-electron chi connectivity index (χ4n) is 2.74. The molecule has 1 aromatic rings. The summed E-state index contributed by atoms with van der Waals surface area (Å²) in [4.78, 5) is 24.6. The molecule has 2 aliphatic heterocycles. The Morgan fingerprint density at radius 2 is 2.17 bits per heavy atom. The molecule has 0 aliphatic carbocycles. The van der Waals surface area contributed by atoms with Gasteiger partial charge in [-0.25, -0.2) is 4.79 Å². The first-order valence-electron chi connectivity index (χ1n) is 7.73. The normalized spacial score (nSPS) is 20.9. The summed E-state index contributed by atoms with van der Waals surface area (Å²) in [6.45, 7) is 2.25. The van der Waals surface area contributed by atoms with Crippen molar-refractivity contribution in [3.05, 3.63) is 35.9 Å². The molecule has 23 heavy (non-hydrogen) atoms. The molecule has 0 spiro atoms. The smallest absolute Gasteiger partial charge is 0.414 e. The lowest BCUT2D eigenvalue weighted by molar-refractivity contribution is -0.119. The summed E-state index contributed by atoms with van der Waals surface area (Å²) in [6.07, 6.45) is 2.70. The Kier molecular flexibility index (Phi) is 4.91. The van der Waals surface area contributed by atoms with Crippen LogP contribution in [0.3, 0.4) is 0 Å². The van der Waals surface area contributed by atoms with Crippen molar-refractivity contribution in [1.82, 2.24) is 5.32 Å². The number of thioether (sulfide) groups is 1. The molecule has 2 amide bonds. The number of carbonyl (C=O) groups is 2. The molecule has 1 saturated heterocycles. The van der Waals surface area contributed by atoms with Crippen LogP contribution in [0.2, 0.25) is 0 Å². The maximum absolute atomic E-state index is 12.0. The molecule has 0 bridgehead atoms. The third kappa shape index (κ3) is 3.88. The Morgan fingerprint density at radius 1 is 1.39 bits per heavy atom.